The molecule has 0 amide bonds. The summed E-state index contributed by atoms with van der Waals surface area (Å²) >= 11 is 0. The average molecular weight is 251 g/mol. The van der Waals surface area contributed by atoms with E-state index in [2.05, 4.69) is 60.8 Å². The highest BCUT2D eigenvalue weighted by molar-refractivity contribution is 5.35. The molecule has 1 heteroatoms. The molecular weight excluding hydrogens is 230 g/mol. The van der Waals surface area contributed by atoms with Crippen LogP contribution in [0.1, 0.15) is 28.2 Å². The normalized spacial score (nSPS) is 18.7. The van der Waals surface area contributed by atoms with Crippen LogP contribution in [0.25, 0.3) is 0 Å². The summed E-state index contributed by atoms with van der Waals surface area (Å²) in [6.45, 7) is 4.40. The van der Waals surface area contributed by atoms with E-state index in [0.717, 1.165) is 25.9 Å². The molecule has 2 aromatic rings. The van der Waals surface area contributed by atoms with Gasteiger partial charge >= 0.3 is 0 Å². The molecule has 0 saturated heterocycles. The van der Waals surface area contributed by atoms with Crippen molar-refractivity contribution in [3.05, 3.63) is 70.8 Å². The molecule has 1 aliphatic rings. The van der Waals surface area contributed by atoms with Gasteiger partial charge in [-0.25, -0.2) is 0 Å². The summed E-state index contributed by atoms with van der Waals surface area (Å²) < 4.78 is 0. The second kappa shape index (κ2) is 5.58. The summed E-state index contributed by atoms with van der Waals surface area (Å²) in [5.41, 5.74) is 5.94. The Hall–Kier alpha value is -1.60. The third-order valence-electron chi connectivity index (χ3n) is 4.18. The lowest BCUT2D eigenvalue weighted by atomic mass is 9.87. The molecule has 0 unspecified atom stereocenters. The van der Waals surface area contributed by atoms with E-state index in [1.807, 2.05) is 0 Å². The maximum Gasteiger partial charge on any atom is 0.00235 e. The Labute approximate surface area is 115 Å². The van der Waals surface area contributed by atoms with E-state index in [1.165, 1.54) is 22.3 Å². The number of benzene rings is 2. The molecule has 0 radical (unpaired) electrons. The van der Waals surface area contributed by atoms with E-state index in [1.54, 1.807) is 0 Å². The van der Waals surface area contributed by atoms with Crippen LogP contribution in [-0.4, -0.2) is 13.1 Å². The van der Waals surface area contributed by atoms with Gasteiger partial charge in [-0.05, 0) is 48.6 Å². The second-order valence-corrected chi connectivity index (χ2v) is 5.48. The number of nitrogens with one attached hydrogen (secondary N) is 1. The van der Waals surface area contributed by atoms with Crippen LogP contribution in [0, 0.1) is 6.92 Å². The average Bonchev–Trinajstić information content (AvgIpc) is 2.64. The minimum absolute atomic E-state index is 0.597. The van der Waals surface area contributed by atoms with Gasteiger partial charge in [-0.15, -0.1) is 0 Å². The second-order valence-electron chi connectivity index (χ2n) is 5.48. The van der Waals surface area contributed by atoms with Gasteiger partial charge in [0.15, 0.2) is 0 Å². The van der Waals surface area contributed by atoms with Crippen molar-refractivity contribution in [2.75, 3.05) is 13.1 Å². The molecule has 0 aliphatic carbocycles. The van der Waals surface area contributed by atoms with Crippen LogP contribution >= 0.6 is 0 Å². The van der Waals surface area contributed by atoms with Crippen molar-refractivity contribution in [2.45, 2.75) is 25.7 Å². The molecule has 0 spiro atoms. The highest BCUT2D eigenvalue weighted by atomic mass is 14.9. The lowest BCUT2D eigenvalue weighted by Crippen LogP contribution is -2.21. The van der Waals surface area contributed by atoms with Crippen LogP contribution in [0.3, 0.4) is 0 Å². The lowest BCUT2D eigenvalue weighted by molar-refractivity contribution is 0.605. The molecule has 1 aliphatic heterocycles. The minimum Gasteiger partial charge on any atom is -0.316 e. The van der Waals surface area contributed by atoms with Gasteiger partial charge < -0.3 is 5.32 Å². The molecule has 0 aromatic heterocycles. The summed E-state index contributed by atoms with van der Waals surface area (Å²) in [7, 11) is 0. The van der Waals surface area contributed by atoms with E-state index in [0.29, 0.717) is 5.92 Å². The smallest absolute Gasteiger partial charge is 0.00235 e. The van der Waals surface area contributed by atoms with E-state index in [9.17, 15) is 0 Å². The maximum atomic E-state index is 3.58. The van der Waals surface area contributed by atoms with Crippen LogP contribution in [0.2, 0.25) is 0 Å². The third kappa shape index (κ3) is 2.71. The fraction of sp³-hybridized carbons (Fsp3) is 0.333. The summed E-state index contributed by atoms with van der Waals surface area (Å²) in [5, 5.41) is 3.58. The van der Waals surface area contributed by atoms with Crippen molar-refractivity contribution in [2.24, 2.45) is 0 Å². The quantitative estimate of drug-likeness (QED) is 0.862. The predicted molar refractivity (Wildman–Crippen MR) is 80.6 cm³/mol. The molecule has 1 atom stereocenters. The van der Waals surface area contributed by atoms with Crippen LogP contribution in [-0.2, 0) is 12.8 Å². The molecule has 3 rings (SSSR count). The van der Waals surface area contributed by atoms with Crippen LogP contribution in [0.4, 0.5) is 0 Å². The molecule has 0 saturated carbocycles. The third-order valence-corrected chi connectivity index (χ3v) is 4.18. The topological polar surface area (TPSA) is 12.0 Å². The number of aryl methyl sites for hydroxylation is 1. The van der Waals surface area contributed by atoms with Crippen molar-refractivity contribution in [1.29, 1.82) is 0 Å². The summed E-state index contributed by atoms with van der Waals surface area (Å²) in [4.78, 5) is 0. The Morgan fingerprint density at radius 2 is 1.84 bits per heavy atom. The van der Waals surface area contributed by atoms with Crippen molar-refractivity contribution < 1.29 is 0 Å². The Morgan fingerprint density at radius 3 is 2.74 bits per heavy atom. The van der Waals surface area contributed by atoms with Gasteiger partial charge in [-0.1, -0.05) is 48.5 Å². The summed E-state index contributed by atoms with van der Waals surface area (Å²) in [6.07, 6.45) is 2.29. The van der Waals surface area contributed by atoms with Gasteiger partial charge in [0, 0.05) is 12.5 Å². The van der Waals surface area contributed by atoms with Crippen molar-refractivity contribution in [3.63, 3.8) is 0 Å². The van der Waals surface area contributed by atoms with Crippen molar-refractivity contribution in [3.8, 4) is 0 Å². The number of hydrogen-bond donors (Lipinski definition) is 1. The SMILES string of the molecule is Cc1ccccc1C[C@@H]1CNCCc2ccccc21. The predicted octanol–water partition coefficient (Wildman–Crippen LogP) is 3.47. The first-order chi connectivity index (χ1) is 9.34. The highest BCUT2D eigenvalue weighted by Crippen LogP contribution is 2.27. The number of rotatable bonds is 2. The molecule has 2 aromatic carbocycles. The molecule has 0 bridgehead atoms. The number of fused-ring (bicyclic) bond motifs is 1. The van der Waals surface area contributed by atoms with E-state index in [-0.39, 0.29) is 0 Å². The van der Waals surface area contributed by atoms with Gasteiger partial charge in [-0.2, -0.15) is 0 Å². The van der Waals surface area contributed by atoms with E-state index >= 15 is 0 Å². The Bertz CT molecular complexity index is 559. The van der Waals surface area contributed by atoms with Crippen LogP contribution < -0.4 is 5.32 Å². The van der Waals surface area contributed by atoms with Crippen LogP contribution in [0.15, 0.2) is 48.5 Å². The Kier molecular flexibility index (Phi) is 3.65. The molecule has 19 heavy (non-hydrogen) atoms. The Morgan fingerprint density at radius 1 is 1.05 bits per heavy atom. The van der Waals surface area contributed by atoms with E-state index in [4.69, 9.17) is 0 Å². The highest BCUT2D eigenvalue weighted by Gasteiger charge is 2.18. The fourth-order valence-electron chi connectivity index (χ4n) is 3.06. The molecular formula is C18H21N. The monoisotopic (exact) mass is 251 g/mol. The van der Waals surface area contributed by atoms with Crippen molar-refractivity contribution >= 4 is 0 Å². The summed E-state index contributed by atoms with van der Waals surface area (Å²) in [5.74, 6) is 0.597. The largest absolute Gasteiger partial charge is 0.316 e. The first-order valence-corrected chi connectivity index (χ1v) is 7.17. The first kappa shape index (κ1) is 12.4. The maximum absolute atomic E-state index is 3.58. The van der Waals surface area contributed by atoms with Gasteiger partial charge in [0.25, 0.3) is 0 Å². The zero-order valence-electron chi connectivity index (χ0n) is 11.5. The minimum atomic E-state index is 0.597. The van der Waals surface area contributed by atoms with Gasteiger partial charge in [0.1, 0.15) is 0 Å². The molecule has 0 fully saturated rings. The van der Waals surface area contributed by atoms with Gasteiger partial charge in [0.05, 0.1) is 0 Å². The molecule has 1 heterocycles. The molecule has 98 valence electrons. The lowest BCUT2D eigenvalue weighted by Gasteiger charge is -2.18. The van der Waals surface area contributed by atoms with Crippen LogP contribution in [0.5, 0.6) is 0 Å². The standard InChI is InChI=1S/C18H21N/c1-14-6-2-3-8-16(14)12-17-13-19-11-10-15-7-4-5-9-18(15)17/h2-9,17,19H,10-13H2,1H3/t17-/m1/s1. The summed E-state index contributed by atoms with van der Waals surface area (Å²) in [6, 6.07) is 17.7. The first-order valence-electron chi connectivity index (χ1n) is 7.17. The molecule has 1 nitrogen and oxygen atoms in total. The van der Waals surface area contributed by atoms with Crippen molar-refractivity contribution in [1.82, 2.24) is 5.32 Å². The number of hydrogen-bond acceptors (Lipinski definition) is 1. The fourth-order valence-corrected chi connectivity index (χ4v) is 3.06. The van der Waals surface area contributed by atoms with E-state index < -0.39 is 0 Å². The zero-order chi connectivity index (χ0) is 13.1. The zero-order valence-corrected chi connectivity index (χ0v) is 11.5. The van der Waals surface area contributed by atoms with Gasteiger partial charge in [0.2, 0.25) is 0 Å². The Balaban J connectivity index is 1.91. The molecule has 1 N–H and O–H groups in total. The van der Waals surface area contributed by atoms with Gasteiger partial charge in [-0.3, -0.25) is 0 Å².